The SMILES string of the molecule is CC1(C)c2ccccc2-c2ccc3c4ccc(-c5ccc(-c6cccc7ccccc67)cc5)cc4c4ccccc4c3c21. The Morgan fingerprint density at radius 1 is 0.372 bits per heavy atom. The normalized spacial score (nSPS) is 13.5. The number of fused-ring (bicyclic) bond motifs is 11. The molecule has 0 aliphatic heterocycles. The molecule has 0 heterocycles. The molecule has 0 radical (unpaired) electrons. The van der Waals surface area contributed by atoms with E-state index in [1.807, 2.05) is 0 Å². The number of rotatable bonds is 2. The summed E-state index contributed by atoms with van der Waals surface area (Å²) in [5, 5.41) is 10.6. The van der Waals surface area contributed by atoms with E-state index in [1.54, 1.807) is 0 Å². The van der Waals surface area contributed by atoms with Crippen LogP contribution in [0.1, 0.15) is 25.0 Å². The van der Waals surface area contributed by atoms with Gasteiger partial charge in [-0.25, -0.2) is 0 Å². The first-order chi connectivity index (χ1) is 21.1. The van der Waals surface area contributed by atoms with Crippen LogP contribution in [0.4, 0.5) is 0 Å². The van der Waals surface area contributed by atoms with Crippen LogP contribution >= 0.6 is 0 Å². The maximum absolute atomic E-state index is 2.40. The summed E-state index contributed by atoms with van der Waals surface area (Å²) in [6.07, 6.45) is 0. The summed E-state index contributed by atoms with van der Waals surface area (Å²) >= 11 is 0. The molecule has 9 rings (SSSR count). The van der Waals surface area contributed by atoms with E-state index in [0.717, 1.165) is 0 Å². The lowest BCUT2D eigenvalue weighted by atomic mass is 9.78. The van der Waals surface area contributed by atoms with Crippen molar-refractivity contribution >= 4 is 43.1 Å². The van der Waals surface area contributed by atoms with Crippen LogP contribution in [0.2, 0.25) is 0 Å². The molecule has 0 fully saturated rings. The van der Waals surface area contributed by atoms with Gasteiger partial charge < -0.3 is 0 Å². The van der Waals surface area contributed by atoms with Crippen LogP contribution in [0.3, 0.4) is 0 Å². The molecule has 0 aromatic heterocycles. The first-order valence-electron chi connectivity index (χ1n) is 15.2. The van der Waals surface area contributed by atoms with E-state index in [1.165, 1.54) is 87.6 Å². The first-order valence-corrected chi connectivity index (χ1v) is 15.2. The minimum absolute atomic E-state index is 0.0619. The molecule has 0 heteroatoms. The molecular formula is C43H30. The Labute approximate surface area is 251 Å². The molecule has 0 saturated carbocycles. The highest BCUT2D eigenvalue weighted by Crippen LogP contribution is 2.53. The molecule has 8 aromatic rings. The molecule has 43 heavy (non-hydrogen) atoms. The van der Waals surface area contributed by atoms with Gasteiger partial charge in [0.05, 0.1) is 0 Å². The highest BCUT2D eigenvalue weighted by Gasteiger charge is 2.37. The third-order valence-electron chi connectivity index (χ3n) is 9.84. The minimum atomic E-state index is -0.0619. The van der Waals surface area contributed by atoms with Gasteiger partial charge in [-0.1, -0.05) is 153 Å². The highest BCUT2D eigenvalue weighted by atomic mass is 14.4. The molecule has 0 bridgehead atoms. The molecule has 0 N–H and O–H groups in total. The largest absolute Gasteiger partial charge is 0.0619 e. The summed E-state index contributed by atoms with van der Waals surface area (Å²) in [5.74, 6) is 0. The maximum Gasteiger partial charge on any atom is 0.0165 e. The van der Waals surface area contributed by atoms with Crippen molar-refractivity contribution in [3.8, 4) is 33.4 Å². The fraction of sp³-hybridized carbons (Fsp3) is 0.0698. The van der Waals surface area contributed by atoms with Crippen LogP contribution in [0, 0.1) is 0 Å². The van der Waals surface area contributed by atoms with Crippen LogP contribution in [0.25, 0.3) is 76.5 Å². The fourth-order valence-electron chi connectivity index (χ4n) is 7.82. The average molecular weight is 547 g/mol. The van der Waals surface area contributed by atoms with E-state index in [0.29, 0.717) is 0 Å². The van der Waals surface area contributed by atoms with E-state index in [9.17, 15) is 0 Å². The van der Waals surface area contributed by atoms with Crippen molar-refractivity contribution in [2.75, 3.05) is 0 Å². The molecular weight excluding hydrogens is 516 g/mol. The van der Waals surface area contributed by atoms with Crippen LogP contribution in [-0.4, -0.2) is 0 Å². The van der Waals surface area contributed by atoms with Gasteiger partial charge in [0.1, 0.15) is 0 Å². The van der Waals surface area contributed by atoms with Crippen molar-refractivity contribution in [2.45, 2.75) is 19.3 Å². The summed E-state index contributed by atoms with van der Waals surface area (Å²) < 4.78 is 0. The third kappa shape index (κ3) is 3.44. The summed E-state index contributed by atoms with van der Waals surface area (Å²) in [6, 6.07) is 54.0. The van der Waals surface area contributed by atoms with Crippen LogP contribution in [-0.2, 0) is 5.41 Å². The summed E-state index contributed by atoms with van der Waals surface area (Å²) in [4.78, 5) is 0. The van der Waals surface area contributed by atoms with Crippen LogP contribution in [0.5, 0.6) is 0 Å². The van der Waals surface area contributed by atoms with Gasteiger partial charge in [0.25, 0.3) is 0 Å². The number of benzene rings is 8. The van der Waals surface area contributed by atoms with E-state index >= 15 is 0 Å². The Hall–Kier alpha value is -5.20. The standard InChI is InChI=1S/C43H30/c1-43(2)40-17-8-7-14-35(40)38-25-24-37-34-23-22-30(26-39(34)33-13-5-6-15-36(33)41(37)42(38)43)27-18-20-29(21-19-27)32-16-9-11-28-10-3-4-12-31(28)32/h3-26H,1-2H3. The lowest BCUT2D eigenvalue weighted by Crippen LogP contribution is -2.15. The summed E-state index contributed by atoms with van der Waals surface area (Å²) in [6.45, 7) is 4.78. The van der Waals surface area contributed by atoms with Crippen LogP contribution < -0.4 is 0 Å². The summed E-state index contributed by atoms with van der Waals surface area (Å²) in [5.41, 5.74) is 10.6. The zero-order chi connectivity index (χ0) is 28.7. The van der Waals surface area contributed by atoms with Crippen molar-refractivity contribution in [1.82, 2.24) is 0 Å². The maximum atomic E-state index is 2.40. The average Bonchev–Trinajstić information content (AvgIpc) is 3.30. The van der Waals surface area contributed by atoms with Crippen molar-refractivity contribution in [1.29, 1.82) is 0 Å². The van der Waals surface area contributed by atoms with Crippen molar-refractivity contribution in [3.05, 3.63) is 157 Å². The zero-order valence-electron chi connectivity index (χ0n) is 24.4. The van der Waals surface area contributed by atoms with Gasteiger partial charge in [-0.2, -0.15) is 0 Å². The van der Waals surface area contributed by atoms with Crippen molar-refractivity contribution < 1.29 is 0 Å². The third-order valence-corrected chi connectivity index (χ3v) is 9.84. The number of hydrogen-bond donors (Lipinski definition) is 0. The molecule has 0 unspecified atom stereocenters. The second kappa shape index (κ2) is 8.90. The Balaban J connectivity index is 1.24. The van der Waals surface area contributed by atoms with Gasteiger partial charge in [-0.3, -0.25) is 0 Å². The van der Waals surface area contributed by atoms with Crippen LogP contribution in [0.15, 0.2) is 146 Å². The lowest BCUT2D eigenvalue weighted by Gasteiger charge is -2.24. The molecule has 0 atom stereocenters. The molecule has 0 saturated heterocycles. The first kappa shape index (κ1) is 24.4. The molecule has 1 aliphatic carbocycles. The molecule has 8 aromatic carbocycles. The van der Waals surface area contributed by atoms with Gasteiger partial charge in [-0.15, -0.1) is 0 Å². The topological polar surface area (TPSA) is 0 Å². The quantitative estimate of drug-likeness (QED) is 0.189. The highest BCUT2D eigenvalue weighted by molar-refractivity contribution is 6.28. The second-order valence-electron chi connectivity index (χ2n) is 12.5. The van der Waals surface area contributed by atoms with Gasteiger partial charge >= 0.3 is 0 Å². The van der Waals surface area contributed by atoms with Gasteiger partial charge in [0.15, 0.2) is 0 Å². The second-order valence-corrected chi connectivity index (χ2v) is 12.5. The van der Waals surface area contributed by atoms with E-state index in [-0.39, 0.29) is 5.41 Å². The molecule has 0 amide bonds. The Morgan fingerprint density at radius 2 is 0.953 bits per heavy atom. The lowest BCUT2D eigenvalue weighted by molar-refractivity contribution is 0.666. The van der Waals surface area contributed by atoms with E-state index in [4.69, 9.17) is 0 Å². The monoisotopic (exact) mass is 546 g/mol. The fourth-order valence-corrected chi connectivity index (χ4v) is 7.82. The Morgan fingerprint density at radius 3 is 1.81 bits per heavy atom. The van der Waals surface area contributed by atoms with E-state index < -0.39 is 0 Å². The zero-order valence-corrected chi connectivity index (χ0v) is 24.4. The Kier molecular flexibility index (Phi) is 5.05. The smallest absolute Gasteiger partial charge is 0.0165 e. The number of hydrogen-bond acceptors (Lipinski definition) is 0. The molecule has 1 aliphatic rings. The van der Waals surface area contributed by atoms with Gasteiger partial charge in [-0.05, 0) is 93.7 Å². The van der Waals surface area contributed by atoms with Crippen molar-refractivity contribution in [2.24, 2.45) is 0 Å². The minimum Gasteiger partial charge on any atom is -0.0619 e. The van der Waals surface area contributed by atoms with E-state index in [2.05, 4.69) is 159 Å². The predicted molar refractivity (Wildman–Crippen MR) is 185 cm³/mol. The predicted octanol–water partition coefficient (Wildman–Crippen LogP) is 11.9. The van der Waals surface area contributed by atoms with Gasteiger partial charge in [0, 0.05) is 5.41 Å². The van der Waals surface area contributed by atoms with Crippen molar-refractivity contribution in [3.63, 3.8) is 0 Å². The molecule has 0 spiro atoms. The van der Waals surface area contributed by atoms with Gasteiger partial charge in [0.2, 0.25) is 0 Å². The molecule has 0 nitrogen and oxygen atoms in total. The Bertz CT molecular complexity index is 2380. The summed E-state index contributed by atoms with van der Waals surface area (Å²) in [7, 11) is 0. The molecule has 202 valence electrons.